The maximum atomic E-state index is 9.94. The summed E-state index contributed by atoms with van der Waals surface area (Å²) >= 11 is 16.2. The summed E-state index contributed by atoms with van der Waals surface area (Å²) in [6.45, 7) is 0. The molecule has 0 unspecified atom stereocenters. The van der Waals surface area contributed by atoms with E-state index in [1.54, 1.807) is 0 Å². The van der Waals surface area contributed by atoms with Crippen molar-refractivity contribution in [2.45, 2.75) is 16.6 Å². The number of allylic oxidation sites excluding steroid dienone is 1. The molecule has 0 aliphatic heterocycles. The van der Waals surface area contributed by atoms with Gasteiger partial charge in [0.1, 0.15) is 0 Å². The van der Waals surface area contributed by atoms with Crippen molar-refractivity contribution in [1.82, 2.24) is 0 Å². The van der Waals surface area contributed by atoms with Crippen LogP contribution in [0.3, 0.4) is 0 Å². The van der Waals surface area contributed by atoms with Crippen molar-refractivity contribution in [3.63, 3.8) is 0 Å². The molecule has 0 radical (unpaired) electrons. The monoisotopic (exact) mass is 216 g/mol. The number of carboxylic acid groups (broad SMARTS) is 1. The summed E-state index contributed by atoms with van der Waals surface area (Å²) in [7, 11) is 0. The van der Waals surface area contributed by atoms with E-state index in [4.69, 9.17) is 39.9 Å². The van der Waals surface area contributed by atoms with Crippen molar-refractivity contribution in [3.05, 3.63) is 12.2 Å². The molecule has 5 heteroatoms. The van der Waals surface area contributed by atoms with Crippen molar-refractivity contribution in [3.8, 4) is 0 Å². The van der Waals surface area contributed by atoms with Gasteiger partial charge >= 0.3 is 5.97 Å². The molecule has 0 atom stereocenters. The molecule has 0 fully saturated rings. The number of halogens is 3. The molecule has 0 rings (SSSR count). The molecule has 0 aromatic rings. The van der Waals surface area contributed by atoms with Gasteiger partial charge in [-0.1, -0.05) is 40.9 Å². The Morgan fingerprint density at radius 3 is 2.36 bits per heavy atom. The maximum Gasteiger partial charge on any atom is 0.327 e. The van der Waals surface area contributed by atoms with Gasteiger partial charge < -0.3 is 5.11 Å². The molecule has 0 amide bonds. The number of hydrogen-bond acceptors (Lipinski definition) is 1. The highest BCUT2D eigenvalue weighted by atomic mass is 35.6. The predicted molar refractivity (Wildman–Crippen MR) is 46.3 cm³/mol. The van der Waals surface area contributed by atoms with Crippen LogP contribution in [0.15, 0.2) is 12.2 Å². The lowest BCUT2D eigenvalue weighted by Crippen LogP contribution is -1.99. The lowest BCUT2D eigenvalue weighted by molar-refractivity contribution is -0.131. The fourth-order valence-corrected chi connectivity index (χ4v) is 0.758. The third kappa shape index (κ3) is 10.1. The van der Waals surface area contributed by atoms with E-state index in [0.29, 0.717) is 12.8 Å². The minimum absolute atomic E-state index is 0.321. The molecule has 0 aliphatic rings. The molecule has 0 spiro atoms. The minimum atomic E-state index is -1.29. The van der Waals surface area contributed by atoms with Crippen LogP contribution in [0.2, 0.25) is 0 Å². The number of aliphatic carboxylic acids is 1. The lowest BCUT2D eigenvalue weighted by Gasteiger charge is -2.06. The number of hydrogen-bond donors (Lipinski definition) is 1. The molecule has 11 heavy (non-hydrogen) atoms. The average molecular weight is 217 g/mol. The van der Waals surface area contributed by atoms with Crippen molar-refractivity contribution in [2.75, 3.05) is 0 Å². The van der Waals surface area contributed by atoms with Crippen molar-refractivity contribution < 1.29 is 9.90 Å². The second kappa shape index (κ2) is 4.86. The quantitative estimate of drug-likeness (QED) is 0.583. The van der Waals surface area contributed by atoms with Gasteiger partial charge in [0.25, 0.3) is 0 Å². The first-order valence-electron chi connectivity index (χ1n) is 2.88. The van der Waals surface area contributed by atoms with Gasteiger partial charge in [-0.15, -0.1) is 0 Å². The molecule has 64 valence electrons. The highest BCUT2D eigenvalue weighted by molar-refractivity contribution is 6.67. The zero-order chi connectivity index (χ0) is 8.91. The first-order valence-corrected chi connectivity index (χ1v) is 4.01. The highest BCUT2D eigenvalue weighted by Gasteiger charge is 2.17. The Balaban J connectivity index is 3.50. The zero-order valence-electron chi connectivity index (χ0n) is 5.56. The SMILES string of the molecule is O=C(O)/C=C/CCC(Cl)(Cl)Cl. The van der Waals surface area contributed by atoms with Crippen LogP contribution < -0.4 is 0 Å². The molecule has 0 aromatic carbocycles. The van der Waals surface area contributed by atoms with Crippen LogP contribution in [0.25, 0.3) is 0 Å². The van der Waals surface area contributed by atoms with E-state index >= 15 is 0 Å². The Hall–Kier alpha value is 0.0800. The van der Waals surface area contributed by atoms with Crippen LogP contribution >= 0.6 is 34.8 Å². The number of alkyl halides is 3. The van der Waals surface area contributed by atoms with Gasteiger partial charge in [-0.3, -0.25) is 0 Å². The number of carbonyl (C=O) groups is 1. The third-order valence-corrected chi connectivity index (χ3v) is 1.42. The number of rotatable bonds is 3. The van der Waals surface area contributed by atoms with Gasteiger partial charge in [0.15, 0.2) is 3.79 Å². The molecule has 0 bridgehead atoms. The van der Waals surface area contributed by atoms with E-state index in [-0.39, 0.29) is 0 Å². The van der Waals surface area contributed by atoms with Crippen LogP contribution in [-0.4, -0.2) is 14.9 Å². The fourth-order valence-electron chi connectivity index (χ4n) is 0.431. The van der Waals surface area contributed by atoms with Gasteiger partial charge in [-0.2, -0.15) is 0 Å². The molecular weight excluding hydrogens is 210 g/mol. The molecule has 0 aliphatic carbocycles. The first kappa shape index (κ1) is 11.1. The van der Waals surface area contributed by atoms with E-state index in [2.05, 4.69) is 0 Å². The molecule has 0 aromatic heterocycles. The van der Waals surface area contributed by atoms with E-state index in [1.165, 1.54) is 6.08 Å². The standard InChI is InChI=1S/C6H7Cl3O2/c7-6(8,9)4-2-1-3-5(10)11/h1,3H,2,4H2,(H,10,11)/b3-1+. The average Bonchev–Trinajstić information content (AvgIpc) is 1.78. The molecule has 0 saturated carbocycles. The smallest absolute Gasteiger partial charge is 0.327 e. The van der Waals surface area contributed by atoms with Crippen LogP contribution in [0.5, 0.6) is 0 Å². The molecule has 2 nitrogen and oxygen atoms in total. The number of carboxylic acids is 1. The Kier molecular flexibility index (Phi) is 4.89. The summed E-state index contributed by atoms with van der Waals surface area (Å²) < 4.78 is -1.29. The first-order chi connectivity index (χ1) is 4.92. The summed E-state index contributed by atoms with van der Waals surface area (Å²) in [5.41, 5.74) is 0. The Labute approximate surface area is 79.7 Å². The van der Waals surface area contributed by atoms with Gasteiger partial charge in [0.2, 0.25) is 0 Å². The van der Waals surface area contributed by atoms with Crippen LogP contribution in [0, 0.1) is 0 Å². The second-order valence-electron chi connectivity index (χ2n) is 1.89. The lowest BCUT2D eigenvalue weighted by atomic mass is 10.3. The van der Waals surface area contributed by atoms with Gasteiger partial charge in [0.05, 0.1) is 0 Å². The van der Waals surface area contributed by atoms with E-state index in [9.17, 15) is 4.79 Å². The van der Waals surface area contributed by atoms with Crippen molar-refractivity contribution in [2.24, 2.45) is 0 Å². The minimum Gasteiger partial charge on any atom is -0.478 e. The Bertz CT molecular complexity index is 160. The summed E-state index contributed by atoms with van der Waals surface area (Å²) in [5.74, 6) is -0.991. The molecule has 1 N–H and O–H groups in total. The largest absolute Gasteiger partial charge is 0.478 e. The molecule has 0 heterocycles. The van der Waals surface area contributed by atoms with E-state index in [0.717, 1.165) is 6.08 Å². The van der Waals surface area contributed by atoms with Crippen LogP contribution in [0.4, 0.5) is 0 Å². The van der Waals surface area contributed by atoms with Crippen LogP contribution in [-0.2, 0) is 4.79 Å². The Morgan fingerprint density at radius 2 is 2.00 bits per heavy atom. The van der Waals surface area contributed by atoms with Gasteiger partial charge in [0, 0.05) is 6.08 Å². The van der Waals surface area contributed by atoms with Crippen molar-refractivity contribution >= 4 is 40.8 Å². The van der Waals surface area contributed by atoms with Gasteiger partial charge in [-0.05, 0) is 12.8 Å². The molecular formula is C6H7Cl3O2. The van der Waals surface area contributed by atoms with E-state index < -0.39 is 9.76 Å². The van der Waals surface area contributed by atoms with Crippen molar-refractivity contribution in [1.29, 1.82) is 0 Å². The highest BCUT2D eigenvalue weighted by Crippen LogP contribution is 2.31. The van der Waals surface area contributed by atoms with Gasteiger partial charge in [-0.25, -0.2) is 4.79 Å². The summed E-state index contributed by atoms with van der Waals surface area (Å²) in [6, 6.07) is 0. The summed E-state index contributed by atoms with van der Waals surface area (Å²) in [5, 5.41) is 8.16. The summed E-state index contributed by atoms with van der Waals surface area (Å²) in [6.07, 6.45) is 3.24. The summed E-state index contributed by atoms with van der Waals surface area (Å²) in [4.78, 5) is 9.94. The second-order valence-corrected chi connectivity index (χ2v) is 4.41. The normalized spacial score (nSPS) is 12.3. The van der Waals surface area contributed by atoms with E-state index in [1.807, 2.05) is 0 Å². The maximum absolute atomic E-state index is 9.94. The van der Waals surface area contributed by atoms with Crippen LogP contribution in [0.1, 0.15) is 12.8 Å². The zero-order valence-corrected chi connectivity index (χ0v) is 7.83. The molecule has 0 saturated heterocycles. The Morgan fingerprint density at radius 1 is 1.45 bits per heavy atom. The predicted octanol–water partition coefficient (Wildman–Crippen LogP) is 2.78. The fraction of sp³-hybridized carbons (Fsp3) is 0.500. The third-order valence-electron chi connectivity index (χ3n) is 0.855. The topological polar surface area (TPSA) is 37.3 Å².